The molecule has 0 saturated heterocycles. The van der Waals surface area contributed by atoms with Crippen molar-refractivity contribution >= 4 is 12.1 Å². The fourth-order valence-corrected chi connectivity index (χ4v) is 1.43. The molecule has 19 heavy (non-hydrogen) atoms. The number of amides is 1. The fourth-order valence-electron chi connectivity index (χ4n) is 1.43. The molecule has 0 bridgehead atoms. The Morgan fingerprint density at radius 3 is 2.16 bits per heavy atom. The van der Waals surface area contributed by atoms with Crippen LogP contribution in [0.4, 0.5) is 4.79 Å². The Labute approximate surface area is 116 Å². The molecule has 0 N–H and O–H groups in total. The zero-order valence-corrected chi connectivity index (χ0v) is 12.4. The maximum atomic E-state index is 11.5. The van der Waals surface area contributed by atoms with Crippen LogP contribution in [-0.2, 0) is 14.3 Å². The van der Waals surface area contributed by atoms with E-state index in [0.29, 0.717) is 13.2 Å². The summed E-state index contributed by atoms with van der Waals surface area (Å²) >= 11 is 0. The Bertz CT molecular complexity index is 256. The second kappa shape index (κ2) is 11.8. The number of unbranched alkanes of at least 4 members (excludes halogenated alkanes) is 4. The molecule has 0 spiro atoms. The summed E-state index contributed by atoms with van der Waals surface area (Å²) < 4.78 is 10.0. The van der Waals surface area contributed by atoms with E-state index >= 15 is 0 Å². The molecule has 0 saturated carbocycles. The molecular weight excluding hydrogens is 246 g/mol. The van der Waals surface area contributed by atoms with Gasteiger partial charge in [-0.2, -0.15) is 0 Å². The van der Waals surface area contributed by atoms with Gasteiger partial charge in [0.05, 0.1) is 13.2 Å². The molecule has 0 heterocycles. The Morgan fingerprint density at radius 1 is 0.895 bits per heavy atom. The summed E-state index contributed by atoms with van der Waals surface area (Å²) in [6.45, 7) is 4.92. The minimum Gasteiger partial charge on any atom is -0.464 e. The van der Waals surface area contributed by atoms with Crippen LogP contribution in [0.2, 0.25) is 0 Å². The number of ether oxygens (including phenoxy) is 2. The van der Waals surface area contributed by atoms with Gasteiger partial charge in [0, 0.05) is 7.05 Å². The van der Waals surface area contributed by atoms with E-state index in [1.165, 1.54) is 11.9 Å². The average molecular weight is 273 g/mol. The molecule has 112 valence electrons. The van der Waals surface area contributed by atoms with E-state index in [4.69, 9.17) is 9.47 Å². The van der Waals surface area contributed by atoms with Gasteiger partial charge in [0.2, 0.25) is 0 Å². The van der Waals surface area contributed by atoms with Crippen LogP contribution < -0.4 is 0 Å². The molecular formula is C14H27NO4. The predicted molar refractivity (Wildman–Crippen MR) is 74.0 cm³/mol. The summed E-state index contributed by atoms with van der Waals surface area (Å²) in [5, 5.41) is 0. The SMILES string of the molecule is CCCCCCOC(=O)CN(C)C(=O)OCCCC. The van der Waals surface area contributed by atoms with Gasteiger partial charge in [0.15, 0.2) is 0 Å². The van der Waals surface area contributed by atoms with E-state index in [-0.39, 0.29) is 12.5 Å². The van der Waals surface area contributed by atoms with Crippen LogP contribution in [0.3, 0.4) is 0 Å². The number of nitrogens with zero attached hydrogens (tertiary/aromatic N) is 1. The highest BCUT2D eigenvalue weighted by molar-refractivity contribution is 5.77. The molecule has 0 aliphatic carbocycles. The molecule has 0 aliphatic heterocycles. The zero-order chi connectivity index (χ0) is 14.5. The minimum absolute atomic E-state index is 0.0568. The molecule has 1 amide bonds. The minimum atomic E-state index is -0.476. The maximum Gasteiger partial charge on any atom is 0.410 e. The smallest absolute Gasteiger partial charge is 0.410 e. The summed E-state index contributed by atoms with van der Waals surface area (Å²) in [6.07, 6.45) is 5.58. The maximum absolute atomic E-state index is 11.5. The number of carbonyl (C=O) groups excluding carboxylic acids is 2. The molecule has 0 fully saturated rings. The molecule has 0 aromatic heterocycles. The molecule has 0 aromatic rings. The van der Waals surface area contributed by atoms with Gasteiger partial charge in [-0.05, 0) is 12.8 Å². The lowest BCUT2D eigenvalue weighted by atomic mass is 10.2. The van der Waals surface area contributed by atoms with E-state index in [0.717, 1.165) is 38.5 Å². The van der Waals surface area contributed by atoms with Crippen LogP contribution in [0.15, 0.2) is 0 Å². The van der Waals surface area contributed by atoms with Crippen molar-refractivity contribution in [1.82, 2.24) is 4.90 Å². The van der Waals surface area contributed by atoms with Gasteiger partial charge in [0.25, 0.3) is 0 Å². The van der Waals surface area contributed by atoms with Gasteiger partial charge >= 0.3 is 12.1 Å². The quantitative estimate of drug-likeness (QED) is 0.453. The highest BCUT2D eigenvalue weighted by Crippen LogP contribution is 2.00. The molecule has 0 aliphatic rings. The van der Waals surface area contributed by atoms with Crippen LogP contribution >= 0.6 is 0 Å². The molecule has 5 heteroatoms. The first-order chi connectivity index (χ1) is 9.11. The Balaban J connectivity index is 3.64. The monoisotopic (exact) mass is 273 g/mol. The first-order valence-corrected chi connectivity index (χ1v) is 7.15. The van der Waals surface area contributed by atoms with Crippen LogP contribution in [0.1, 0.15) is 52.4 Å². The zero-order valence-electron chi connectivity index (χ0n) is 12.4. The van der Waals surface area contributed by atoms with Crippen molar-refractivity contribution in [2.75, 3.05) is 26.8 Å². The largest absolute Gasteiger partial charge is 0.464 e. The Kier molecular flexibility index (Phi) is 11.0. The number of likely N-dealkylation sites (N-methyl/N-ethyl adjacent to an activating group) is 1. The van der Waals surface area contributed by atoms with Gasteiger partial charge in [-0.25, -0.2) is 4.79 Å². The van der Waals surface area contributed by atoms with Crippen molar-refractivity contribution in [3.63, 3.8) is 0 Å². The highest BCUT2D eigenvalue weighted by atomic mass is 16.6. The van der Waals surface area contributed by atoms with Crippen LogP contribution in [-0.4, -0.2) is 43.8 Å². The van der Waals surface area contributed by atoms with Gasteiger partial charge in [0.1, 0.15) is 6.54 Å². The summed E-state index contributed by atoms with van der Waals surface area (Å²) in [4.78, 5) is 24.2. The van der Waals surface area contributed by atoms with Gasteiger partial charge in [-0.15, -0.1) is 0 Å². The molecule has 0 rings (SSSR count). The third-order valence-corrected chi connectivity index (χ3v) is 2.66. The normalized spacial score (nSPS) is 10.1. The van der Waals surface area contributed by atoms with Crippen LogP contribution in [0.25, 0.3) is 0 Å². The van der Waals surface area contributed by atoms with Crippen molar-refractivity contribution in [2.24, 2.45) is 0 Å². The van der Waals surface area contributed by atoms with Gasteiger partial charge in [-0.1, -0.05) is 39.5 Å². The third-order valence-electron chi connectivity index (χ3n) is 2.66. The molecule has 0 radical (unpaired) electrons. The van der Waals surface area contributed by atoms with Crippen molar-refractivity contribution in [3.05, 3.63) is 0 Å². The van der Waals surface area contributed by atoms with E-state index in [2.05, 4.69) is 6.92 Å². The summed E-state index contributed by atoms with van der Waals surface area (Å²) in [5.41, 5.74) is 0. The molecule has 0 atom stereocenters. The third kappa shape index (κ3) is 10.4. The van der Waals surface area contributed by atoms with E-state index < -0.39 is 6.09 Å². The number of carbonyl (C=O) groups is 2. The average Bonchev–Trinajstić information content (AvgIpc) is 2.38. The lowest BCUT2D eigenvalue weighted by molar-refractivity contribution is -0.144. The van der Waals surface area contributed by atoms with E-state index in [1.54, 1.807) is 0 Å². The molecule has 0 unspecified atom stereocenters. The number of hydrogen-bond acceptors (Lipinski definition) is 4. The van der Waals surface area contributed by atoms with Crippen molar-refractivity contribution in [2.45, 2.75) is 52.4 Å². The van der Waals surface area contributed by atoms with Gasteiger partial charge in [-0.3, -0.25) is 4.79 Å². The molecule has 0 aromatic carbocycles. The first kappa shape index (κ1) is 17.7. The topological polar surface area (TPSA) is 55.8 Å². The standard InChI is InChI=1S/C14H27NO4/c1-4-6-8-9-11-18-13(16)12-15(3)14(17)19-10-7-5-2/h4-12H2,1-3H3. The van der Waals surface area contributed by atoms with E-state index in [1.807, 2.05) is 6.92 Å². The van der Waals surface area contributed by atoms with Gasteiger partial charge < -0.3 is 14.4 Å². The second-order valence-electron chi connectivity index (χ2n) is 4.61. The van der Waals surface area contributed by atoms with Crippen LogP contribution in [0, 0.1) is 0 Å². The first-order valence-electron chi connectivity index (χ1n) is 7.15. The second-order valence-corrected chi connectivity index (χ2v) is 4.61. The summed E-state index contributed by atoms with van der Waals surface area (Å²) in [5.74, 6) is -0.383. The van der Waals surface area contributed by atoms with Crippen molar-refractivity contribution < 1.29 is 19.1 Å². The number of rotatable bonds is 10. The lowest BCUT2D eigenvalue weighted by Crippen LogP contribution is -2.33. The van der Waals surface area contributed by atoms with Crippen molar-refractivity contribution in [1.29, 1.82) is 0 Å². The van der Waals surface area contributed by atoms with Crippen LogP contribution in [0.5, 0.6) is 0 Å². The summed E-state index contributed by atoms with van der Waals surface area (Å²) in [6, 6.07) is 0. The summed E-state index contributed by atoms with van der Waals surface area (Å²) in [7, 11) is 1.53. The number of hydrogen-bond donors (Lipinski definition) is 0. The fraction of sp³-hybridized carbons (Fsp3) is 0.857. The van der Waals surface area contributed by atoms with Crippen molar-refractivity contribution in [3.8, 4) is 0 Å². The Hall–Kier alpha value is -1.26. The number of esters is 1. The van der Waals surface area contributed by atoms with E-state index in [9.17, 15) is 9.59 Å². The Morgan fingerprint density at radius 2 is 1.53 bits per heavy atom. The highest BCUT2D eigenvalue weighted by Gasteiger charge is 2.14. The molecule has 5 nitrogen and oxygen atoms in total. The predicted octanol–water partition coefficient (Wildman–Crippen LogP) is 2.98. The lowest BCUT2D eigenvalue weighted by Gasteiger charge is -2.16.